The van der Waals surface area contributed by atoms with Crippen LogP contribution in [0.1, 0.15) is 39.2 Å². The molecule has 0 saturated heterocycles. The molecule has 0 saturated carbocycles. The number of benzene rings is 1. The molecule has 2 rings (SSSR count). The molecular formula is C16H21N3O2. The van der Waals surface area contributed by atoms with Gasteiger partial charge >= 0.3 is 0 Å². The Morgan fingerprint density at radius 1 is 1.24 bits per heavy atom. The number of amides is 2. The summed E-state index contributed by atoms with van der Waals surface area (Å²) < 4.78 is 0. The Labute approximate surface area is 125 Å². The van der Waals surface area contributed by atoms with Crippen LogP contribution in [0.2, 0.25) is 0 Å². The van der Waals surface area contributed by atoms with Gasteiger partial charge in [-0.3, -0.25) is 9.59 Å². The number of carbonyl (C=O) groups excluding carboxylic acids is 2. The Morgan fingerprint density at radius 2 is 1.90 bits per heavy atom. The Hall–Kier alpha value is -2.17. The van der Waals surface area contributed by atoms with Crippen LogP contribution >= 0.6 is 0 Å². The molecule has 0 bridgehead atoms. The van der Waals surface area contributed by atoms with Gasteiger partial charge < -0.3 is 5.32 Å². The normalized spacial score (nSPS) is 15.7. The second kappa shape index (κ2) is 6.08. The Bertz CT molecular complexity index is 559. The molecule has 1 aliphatic rings. The highest BCUT2D eigenvalue weighted by molar-refractivity contribution is 6.04. The van der Waals surface area contributed by atoms with E-state index >= 15 is 0 Å². The largest absolute Gasteiger partial charge is 0.350 e. The van der Waals surface area contributed by atoms with E-state index < -0.39 is 0 Å². The van der Waals surface area contributed by atoms with Crippen molar-refractivity contribution in [3.8, 4) is 0 Å². The fraction of sp³-hybridized carbons (Fsp3) is 0.438. The van der Waals surface area contributed by atoms with E-state index in [2.05, 4.69) is 10.4 Å². The number of nitrogens with zero attached hydrogens (tertiary/aromatic N) is 2. The summed E-state index contributed by atoms with van der Waals surface area (Å²) in [5.41, 5.74) is 1.52. The van der Waals surface area contributed by atoms with Crippen LogP contribution in [0.5, 0.6) is 0 Å². The van der Waals surface area contributed by atoms with Crippen molar-refractivity contribution in [2.45, 2.75) is 39.2 Å². The summed E-state index contributed by atoms with van der Waals surface area (Å²) >= 11 is 0. The average Bonchev–Trinajstić information content (AvgIpc) is 2.40. The van der Waals surface area contributed by atoms with Crippen molar-refractivity contribution < 1.29 is 9.59 Å². The molecule has 5 heteroatoms. The van der Waals surface area contributed by atoms with Gasteiger partial charge in [0.1, 0.15) is 6.54 Å². The Balaban J connectivity index is 2.11. The van der Waals surface area contributed by atoms with Gasteiger partial charge in [-0.15, -0.1) is 0 Å². The first-order chi connectivity index (χ1) is 9.85. The number of hydrazone groups is 1. The molecule has 0 aliphatic carbocycles. The number of rotatable bonds is 3. The van der Waals surface area contributed by atoms with Crippen LogP contribution < -0.4 is 5.32 Å². The quantitative estimate of drug-likeness (QED) is 0.923. The minimum Gasteiger partial charge on any atom is -0.350 e. The van der Waals surface area contributed by atoms with Gasteiger partial charge in [-0.2, -0.15) is 5.10 Å². The molecule has 2 amide bonds. The van der Waals surface area contributed by atoms with Crippen molar-refractivity contribution in [3.05, 3.63) is 35.9 Å². The molecule has 1 N–H and O–H groups in total. The second-order valence-electron chi connectivity index (χ2n) is 6.16. The maximum Gasteiger partial charge on any atom is 0.243 e. The Morgan fingerprint density at radius 3 is 2.52 bits per heavy atom. The molecule has 1 aromatic carbocycles. The van der Waals surface area contributed by atoms with E-state index in [9.17, 15) is 9.59 Å². The van der Waals surface area contributed by atoms with Crippen LogP contribution in [-0.4, -0.2) is 34.6 Å². The fourth-order valence-electron chi connectivity index (χ4n) is 2.16. The number of carbonyl (C=O) groups is 2. The first-order valence-corrected chi connectivity index (χ1v) is 7.09. The van der Waals surface area contributed by atoms with Gasteiger partial charge in [0.15, 0.2) is 0 Å². The van der Waals surface area contributed by atoms with Crippen LogP contribution in [-0.2, 0) is 9.59 Å². The highest BCUT2D eigenvalue weighted by Gasteiger charge is 2.24. The molecule has 1 aromatic rings. The average molecular weight is 287 g/mol. The number of hydrogen-bond donors (Lipinski definition) is 1. The van der Waals surface area contributed by atoms with Crippen molar-refractivity contribution >= 4 is 17.5 Å². The molecule has 112 valence electrons. The first kappa shape index (κ1) is 15.2. The SMILES string of the molecule is CC(C)(C)NC(=O)CN1N=C(c2ccccc2)CCC1=O. The lowest BCUT2D eigenvalue weighted by Gasteiger charge is -2.26. The van der Waals surface area contributed by atoms with Gasteiger partial charge in [-0.25, -0.2) is 5.01 Å². The summed E-state index contributed by atoms with van der Waals surface area (Å²) in [6.07, 6.45) is 0.997. The van der Waals surface area contributed by atoms with Crippen molar-refractivity contribution in [2.75, 3.05) is 6.54 Å². The monoisotopic (exact) mass is 287 g/mol. The van der Waals surface area contributed by atoms with Crippen molar-refractivity contribution in [1.82, 2.24) is 10.3 Å². The zero-order valence-electron chi connectivity index (χ0n) is 12.7. The van der Waals surface area contributed by atoms with Gasteiger partial charge in [0, 0.05) is 18.4 Å². The fourth-order valence-corrected chi connectivity index (χ4v) is 2.16. The van der Waals surface area contributed by atoms with Crippen molar-refractivity contribution in [1.29, 1.82) is 0 Å². The first-order valence-electron chi connectivity index (χ1n) is 7.09. The van der Waals surface area contributed by atoms with E-state index in [1.54, 1.807) is 0 Å². The minimum absolute atomic E-state index is 0.0353. The number of nitrogens with one attached hydrogen (secondary N) is 1. The molecule has 0 fully saturated rings. The molecule has 0 radical (unpaired) electrons. The molecular weight excluding hydrogens is 266 g/mol. The second-order valence-corrected chi connectivity index (χ2v) is 6.16. The molecule has 0 spiro atoms. The van der Waals surface area contributed by atoms with E-state index in [1.807, 2.05) is 51.1 Å². The van der Waals surface area contributed by atoms with E-state index in [0.717, 1.165) is 11.3 Å². The van der Waals surface area contributed by atoms with Gasteiger partial charge in [0.2, 0.25) is 11.8 Å². The lowest BCUT2D eigenvalue weighted by Crippen LogP contribution is -2.47. The lowest BCUT2D eigenvalue weighted by molar-refractivity contribution is -0.137. The maximum absolute atomic E-state index is 11.9. The summed E-state index contributed by atoms with van der Waals surface area (Å²) in [5, 5.41) is 8.45. The summed E-state index contributed by atoms with van der Waals surface area (Å²) in [6, 6.07) is 9.73. The van der Waals surface area contributed by atoms with Crippen LogP contribution in [0.15, 0.2) is 35.4 Å². The van der Waals surface area contributed by atoms with Crippen LogP contribution in [0, 0.1) is 0 Å². The molecule has 1 heterocycles. The van der Waals surface area contributed by atoms with Crippen LogP contribution in [0.3, 0.4) is 0 Å². The third kappa shape index (κ3) is 4.41. The van der Waals surface area contributed by atoms with E-state index in [0.29, 0.717) is 12.8 Å². The van der Waals surface area contributed by atoms with Crippen molar-refractivity contribution in [3.63, 3.8) is 0 Å². The molecule has 21 heavy (non-hydrogen) atoms. The van der Waals surface area contributed by atoms with E-state index in [-0.39, 0.29) is 23.9 Å². The van der Waals surface area contributed by atoms with Gasteiger partial charge in [0.25, 0.3) is 0 Å². The summed E-state index contributed by atoms with van der Waals surface area (Å²) in [6.45, 7) is 5.68. The van der Waals surface area contributed by atoms with Gasteiger partial charge in [-0.1, -0.05) is 30.3 Å². The smallest absolute Gasteiger partial charge is 0.243 e. The van der Waals surface area contributed by atoms with Crippen LogP contribution in [0.4, 0.5) is 0 Å². The topological polar surface area (TPSA) is 61.8 Å². The van der Waals surface area contributed by atoms with Gasteiger partial charge in [0.05, 0.1) is 5.71 Å². The van der Waals surface area contributed by atoms with E-state index in [4.69, 9.17) is 0 Å². The highest BCUT2D eigenvalue weighted by atomic mass is 16.2. The van der Waals surface area contributed by atoms with Gasteiger partial charge in [-0.05, 0) is 26.3 Å². The predicted molar refractivity (Wildman–Crippen MR) is 81.8 cm³/mol. The minimum atomic E-state index is -0.318. The summed E-state index contributed by atoms with van der Waals surface area (Å²) in [4.78, 5) is 23.9. The van der Waals surface area contributed by atoms with E-state index in [1.165, 1.54) is 5.01 Å². The summed E-state index contributed by atoms with van der Waals surface area (Å²) in [5.74, 6) is -0.312. The zero-order chi connectivity index (χ0) is 15.5. The molecule has 0 atom stereocenters. The molecule has 0 aromatic heterocycles. The maximum atomic E-state index is 11.9. The molecule has 0 unspecified atom stereocenters. The zero-order valence-corrected chi connectivity index (χ0v) is 12.7. The summed E-state index contributed by atoms with van der Waals surface area (Å²) in [7, 11) is 0. The predicted octanol–water partition coefficient (Wildman–Crippen LogP) is 1.93. The van der Waals surface area contributed by atoms with Crippen LogP contribution in [0.25, 0.3) is 0 Å². The third-order valence-corrected chi connectivity index (χ3v) is 3.02. The third-order valence-electron chi connectivity index (χ3n) is 3.02. The molecule has 1 aliphatic heterocycles. The molecule has 5 nitrogen and oxygen atoms in total. The number of hydrogen-bond acceptors (Lipinski definition) is 3. The highest BCUT2D eigenvalue weighted by Crippen LogP contribution is 2.15. The Kier molecular flexibility index (Phi) is 4.40. The standard InChI is InChI=1S/C16H21N3O2/c1-16(2,3)17-14(20)11-19-15(21)10-9-13(18-19)12-7-5-4-6-8-12/h4-8H,9-11H2,1-3H3,(H,17,20). The van der Waals surface area contributed by atoms with Crippen molar-refractivity contribution in [2.24, 2.45) is 5.10 Å². The lowest BCUT2D eigenvalue weighted by atomic mass is 10.0.